The van der Waals surface area contributed by atoms with Crippen LogP contribution < -0.4 is 0 Å². The monoisotopic (exact) mass is 336 g/mol. The first-order chi connectivity index (χ1) is 10.7. The molecule has 2 rings (SSSR count). The maximum Gasteiger partial charge on any atom is 0.192 e. The lowest BCUT2D eigenvalue weighted by Gasteiger charge is -2.36. The van der Waals surface area contributed by atoms with Gasteiger partial charge in [-0.1, -0.05) is 51.1 Å². The minimum atomic E-state index is -1.78. The van der Waals surface area contributed by atoms with Crippen LogP contribution in [0.5, 0.6) is 0 Å². The molecular formula is C19H29FO2Si. The molecule has 0 unspecified atom stereocenters. The first-order valence-corrected chi connectivity index (χ1v) is 11.3. The second kappa shape index (κ2) is 7.28. The highest BCUT2D eigenvalue weighted by atomic mass is 28.4. The lowest BCUT2D eigenvalue weighted by molar-refractivity contribution is 0.0442. The summed E-state index contributed by atoms with van der Waals surface area (Å²) in [5.41, 5.74) is 1.07. The van der Waals surface area contributed by atoms with E-state index in [1.165, 1.54) is 0 Å². The fourth-order valence-electron chi connectivity index (χ4n) is 2.35. The number of benzene rings is 1. The minimum Gasteiger partial charge on any atom is -0.416 e. The van der Waals surface area contributed by atoms with Crippen molar-refractivity contribution in [2.75, 3.05) is 6.61 Å². The van der Waals surface area contributed by atoms with Gasteiger partial charge in [-0.2, -0.15) is 0 Å². The van der Waals surface area contributed by atoms with Gasteiger partial charge in [-0.25, -0.2) is 4.39 Å². The van der Waals surface area contributed by atoms with E-state index in [0.29, 0.717) is 19.6 Å². The van der Waals surface area contributed by atoms with E-state index in [9.17, 15) is 4.39 Å². The van der Waals surface area contributed by atoms with Crippen molar-refractivity contribution in [3.05, 3.63) is 47.8 Å². The lowest BCUT2D eigenvalue weighted by atomic mass is 10.1. The van der Waals surface area contributed by atoms with Gasteiger partial charge in [0.2, 0.25) is 0 Å². The molecule has 0 spiro atoms. The molecule has 0 bridgehead atoms. The Morgan fingerprint density at radius 3 is 2.43 bits per heavy atom. The molecular weight excluding hydrogens is 307 g/mol. The molecule has 128 valence electrons. The molecule has 0 fully saturated rings. The first-order valence-electron chi connectivity index (χ1n) is 8.36. The van der Waals surface area contributed by atoms with Gasteiger partial charge in [0.15, 0.2) is 8.32 Å². The first kappa shape index (κ1) is 18.4. The van der Waals surface area contributed by atoms with E-state index in [1.807, 2.05) is 30.3 Å². The van der Waals surface area contributed by atoms with Crippen molar-refractivity contribution in [2.45, 2.75) is 58.0 Å². The number of ether oxygens (including phenoxy) is 1. The number of rotatable bonds is 6. The van der Waals surface area contributed by atoms with Gasteiger partial charge < -0.3 is 9.16 Å². The van der Waals surface area contributed by atoms with E-state index in [-0.39, 0.29) is 16.8 Å². The molecule has 0 aromatic heterocycles. The lowest BCUT2D eigenvalue weighted by Crippen LogP contribution is -2.41. The SMILES string of the molecule is CC(C)(C)[Si](C)(C)OC[C@H]1C=C(F)[C@H](OCc2ccccc2)C1. The molecule has 2 atom stereocenters. The summed E-state index contributed by atoms with van der Waals surface area (Å²) in [6.07, 6.45) is 1.93. The van der Waals surface area contributed by atoms with E-state index in [1.54, 1.807) is 6.08 Å². The Hall–Kier alpha value is -0.973. The van der Waals surface area contributed by atoms with Gasteiger partial charge in [-0.3, -0.25) is 0 Å². The van der Waals surface area contributed by atoms with Crippen LogP contribution in [0.2, 0.25) is 18.1 Å². The van der Waals surface area contributed by atoms with Crippen LogP contribution in [0, 0.1) is 5.92 Å². The summed E-state index contributed by atoms with van der Waals surface area (Å²) in [6.45, 7) is 12.1. The van der Waals surface area contributed by atoms with Gasteiger partial charge in [0.1, 0.15) is 11.9 Å². The fourth-order valence-corrected chi connectivity index (χ4v) is 3.42. The number of hydrogen-bond donors (Lipinski definition) is 0. The summed E-state index contributed by atoms with van der Waals surface area (Å²) in [5, 5.41) is 0.178. The zero-order valence-electron chi connectivity index (χ0n) is 14.9. The van der Waals surface area contributed by atoms with E-state index in [0.717, 1.165) is 5.56 Å². The van der Waals surface area contributed by atoms with E-state index < -0.39 is 14.4 Å². The molecule has 1 aromatic rings. The summed E-state index contributed by atoms with van der Waals surface area (Å²) in [4.78, 5) is 0. The summed E-state index contributed by atoms with van der Waals surface area (Å²) >= 11 is 0. The van der Waals surface area contributed by atoms with Crippen LogP contribution in [0.15, 0.2) is 42.2 Å². The topological polar surface area (TPSA) is 18.5 Å². The Morgan fingerprint density at radius 1 is 1.17 bits per heavy atom. The minimum absolute atomic E-state index is 0.116. The average Bonchev–Trinajstić information content (AvgIpc) is 2.83. The molecule has 2 nitrogen and oxygen atoms in total. The smallest absolute Gasteiger partial charge is 0.192 e. The third kappa shape index (κ3) is 5.00. The summed E-state index contributed by atoms with van der Waals surface area (Å²) in [6, 6.07) is 9.89. The van der Waals surface area contributed by atoms with Crippen LogP contribution >= 0.6 is 0 Å². The predicted molar refractivity (Wildman–Crippen MR) is 95.5 cm³/mol. The summed E-state index contributed by atoms with van der Waals surface area (Å²) in [5.74, 6) is -0.0327. The Kier molecular flexibility index (Phi) is 5.82. The van der Waals surface area contributed by atoms with Crippen molar-refractivity contribution in [2.24, 2.45) is 5.92 Å². The third-order valence-electron chi connectivity index (χ3n) is 4.98. The molecule has 0 saturated heterocycles. The van der Waals surface area contributed by atoms with Crippen LogP contribution in [-0.4, -0.2) is 21.0 Å². The summed E-state index contributed by atoms with van der Waals surface area (Å²) in [7, 11) is -1.78. The molecule has 0 amide bonds. The zero-order valence-corrected chi connectivity index (χ0v) is 15.9. The normalized spacial score (nSPS) is 22.3. The Morgan fingerprint density at radius 2 is 1.83 bits per heavy atom. The number of halogens is 1. The standard InChI is InChI=1S/C19H29FO2Si/c1-19(2,3)23(4,5)22-14-16-11-17(20)18(12-16)21-13-15-9-7-6-8-10-15/h6-11,16,18H,12-14H2,1-5H3/t16-,18+/m0/s1. The molecule has 4 heteroatoms. The second-order valence-electron chi connectivity index (χ2n) is 7.90. The van der Waals surface area contributed by atoms with Gasteiger partial charge >= 0.3 is 0 Å². The maximum absolute atomic E-state index is 14.1. The number of hydrogen-bond acceptors (Lipinski definition) is 2. The Bertz CT molecular complexity index is 534. The van der Waals surface area contributed by atoms with Gasteiger partial charge in [-0.15, -0.1) is 0 Å². The van der Waals surface area contributed by atoms with E-state index >= 15 is 0 Å². The van der Waals surface area contributed by atoms with Gasteiger partial charge in [0.25, 0.3) is 0 Å². The van der Waals surface area contributed by atoms with Crippen molar-refractivity contribution in [3.8, 4) is 0 Å². The average molecular weight is 337 g/mol. The van der Waals surface area contributed by atoms with Crippen LogP contribution in [0.25, 0.3) is 0 Å². The molecule has 1 aliphatic rings. The van der Waals surface area contributed by atoms with E-state index in [4.69, 9.17) is 9.16 Å². The van der Waals surface area contributed by atoms with Crippen LogP contribution in [0.3, 0.4) is 0 Å². The summed E-state index contributed by atoms with van der Waals surface area (Å²) < 4.78 is 26.0. The van der Waals surface area contributed by atoms with Crippen molar-refractivity contribution in [3.63, 3.8) is 0 Å². The van der Waals surface area contributed by atoms with Crippen molar-refractivity contribution in [1.29, 1.82) is 0 Å². The highest BCUT2D eigenvalue weighted by Crippen LogP contribution is 2.38. The Labute approximate surface area is 140 Å². The Balaban J connectivity index is 1.82. The molecule has 1 aromatic carbocycles. The van der Waals surface area contributed by atoms with Crippen molar-refractivity contribution in [1.82, 2.24) is 0 Å². The molecule has 0 N–H and O–H groups in total. The molecule has 0 radical (unpaired) electrons. The molecule has 0 heterocycles. The van der Waals surface area contributed by atoms with Crippen molar-refractivity contribution >= 4 is 8.32 Å². The molecule has 0 saturated carbocycles. The zero-order chi connectivity index (χ0) is 17.1. The van der Waals surface area contributed by atoms with Crippen LogP contribution in [0.4, 0.5) is 4.39 Å². The van der Waals surface area contributed by atoms with Crippen molar-refractivity contribution < 1.29 is 13.6 Å². The maximum atomic E-state index is 14.1. The largest absolute Gasteiger partial charge is 0.416 e. The van der Waals surface area contributed by atoms with Crippen LogP contribution in [-0.2, 0) is 15.8 Å². The molecule has 1 aliphatic carbocycles. The van der Waals surface area contributed by atoms with E-state index in [2.05, 4.69) is 33.9 Å². The fraction of sp³-hybridized carbons (Fsp3) is 0.579. The quantitative estimate of drug-likeness (QED) is 0.642. The molecule has 0 aliphatic heterocycles. The van der Waals surface area contributed by atoms with Crippen LogP contribution in [0.1, 0.15) is 32.8 Å². The second-order valence-corrected chi connectivity index (χ2v) is 12.7. The van der Waals surface area contributed by atoms with Gasteiger partial charge in [0.05, 0.1) is 6.61 Å². The van der Waals surface area contributed by atoms with Gasteiger partial charge in [0, 0.05) is 12.5 Å². The highest BCUT2D eigenvalue weighted by molar-refractivity contribution is 6.74. The van der Waals surface area contributed by atoms with Gasteiger partial charge in [-0.05, 0) is 36.2 Å². The predicted octanol–water partition coefficient (Wildman–Crippen LogP) is 5.47. The third-order valence-corrected chi connectivity index (χ3v) is 9.48. The molecule has 23 heavy (non-hydrogen) atoms. The highest BCUT2D eigenvalue weighted by Gasteiger charge is 2.38.